The number of allylic oxidation sites excluding steroid dienone is 5. The van der Waals surface area contributed by atoms with Gasteiger partial charge in [-0.3, -0.25) is 0 Å². The van der Waals surface area contributed by atoms with Crippen LogP contribution in [-0.4, -0.2) is 0 Å². The van der Waals surface area contributed by atoms with Gasteiger partial charge < -0.3 is 0 Å². The average molecular weight is 452 g/mol. The molecule has 0 spiro atoms. The smallest absolute Gasteiger partial charge is 0.0845 e. The summed E-state index contributed by atoms with van der Waals surface area (Å²) in [6, 6.07) is 32.8. The van der Waals surface area contributed by atoms with E-state index in [1.165, 1.54) is 66.2 Å². The molecule has 0 heterocycles. The molecular formula is C32H36P+. The minimum atomic E-state index is -2.04. The molecule has 0 atom stereocenters. The molecule has 1 saturated carbocycles. The quantitative estimate of drug-likeness (QED) is 0.229. The molecule has 0 aromatic heterocycles. The zero-order chi connectivity index (χ0) is 22.8. The summed E-state index contributed by atoms with van der Waals surface area (Å²) in [7, 11) is -2.04. The Kier molecular flexibility index (Phi) is 8.51. The highest BCUT2D eigenvalue weighted by atomic mass is 31.2. The fourth-order valence-corrected chi connectivity index (χ4v) is 9.22. The van der Waals surface area contributed by atoms with Crippen LogP contribution in [0.4, 0.5) is 0 Å². The maximum Gasteiger partial charge on any atom is 0.143 e. The summed E-state index contributed by atoms with van der Waals surface area (Å²) in [4.78, 5) is 0. The average Bonchev–Trinajstić information content (AvgIpc) is 2.89. The summed E-state index contributed by atoms with van der Waals surface area (Å²) in [5.74, 6) is 0.940. The summed E-state index contributed by atoms with van der Waals surface area (Å²) in [5, 5.41) is 5.22. The van der Waals surface area contributed by atoms with Crippen LogP contribution in [0.5, 0.6) is 0 Å². The van der Waals surface area contributed by atoms with Crippen LogP contribution in [0, 0.1) is 5.92 Å². The van der Waals surface area contributed by atoms with E-state index in [2.05, 4.69) is 122 Å². The minimum Gasteiger partial charge on any atom is -0.0845 e. The third-order valence-electron chi connectivity index (χ3n) is 6.86. The van der Waals surface area contributed by atoms with Crippen LogP contribution in [0.15, 0.2) is 127 Å². The Bertz CT molecular complexity index is 945. The monoisotopic (exact) mass is 451 g/mol. The Morgan fingerprint density at radius 3 is 1.67 bits per heavy atom. The molecule has 0 saturated heterocycles. The van der Waals surface area contributed by atoms with Gasteiger partial charge in [-0.15, -0.1) is 0 Å². The maximum absolute atomic E-state index is 4.68. The molecule has 0 N–H and O–H groups in total. The van der Waals surface area contributed by atoms with Gasteiger partial charge >= 0.3 is 0 Å². The van der Waals surface area contributed by atoms with E-state index in [1.807, 2.05) is 0 Å². The van der Waals surface area contributed by atoms with Crippen molar-refractivity contribution in [3.05, 3.63) is 127 Å². The van der Waals surface area contributed by atoms with Gasteiger partial charge in [-0.05, 0) is 61.2 Å². The summed E-state index contributed by atoms with van der Waals surface area (Å²) in [5.41, 5.74) is 0. The van der Waals surface area contributed by atoms with Gasteiger partial charge in [-0.1, -0.05) is 112 Å². The Morgan fingerprint density at radius 2 is 1.18 bits per heavy atom. The first-order valence-electron chi connectivity index (χ1n) is 12.4. The van der Waals surface area contributed by atoms with Gasteiger partial charge in [0, 0.05) is 0 Å². The normalized spacial score (nSPS) is 15.3. The molecule has 168 valence electrons. The lowest BCUT2D eigenvalue weighted by Crippen LogP contribution is -2.31. The summed E-state index contributed by atoms with van der Waals surface area (Å²) < 4.78 is 0. The minimum absolute atomic E-state index is 0.940. The summed E-state index contributed by atoms with van der Waals surface area (Å²) in [6.45, 7) is 4.68. The van der Waals surface area contributed by atoms with Gasteiger partial charge in [0.2, 0.25) is 0 Å². The number of hydrogen-bond donors (Lipinski definition) is 0. The van der Waals surface area contributed by atoms with Crippen LogP contribution in [0.1, 0.15) is 44.9 Å². The highest BCUT2D eigenvalue weighted by molar-refractivity contribution is 7.99. The van der Waals surface area contributed by atoms with Gasteiger partial charge in [0.05, 0.1) is 0 Å². The highest BCUT2D eigenvalue weighted by Crippen LogP contribution is 2.62. The van der Waals surface area contributed by atoms with E-state index >= 15 is 0 Å². The molecule has 0 amide bonds. The molecule has 33 heavy (non-hydrogen) atoms. The van der Waals surface area contributed by atoms with Crippen molar-refractivity contribution >= 4 is 23.2 Å². The van der Waals surface area contributed by atoms with Gasteiger partial charge in [0.1, 0.15) is 28.5 Å². The zero-order valence-electron chi connectivity index (χ0n) is 19.7. The maximum atomic E-state index is 4.68. The molecule has 0 bridgehead atoms. The SMILES string of the molecule is C=C(/C=C/C=C\CCC1CCCCC1)[P+](c1ccccc1)(c1ccccc1)c1ccccc1. The van der Waals surface area contributed by atoms with E-state index in [4.69, 9.17) is 0 Å². The van der Waals surface area contributed by atoms with Gasteiger partial charge in [0.15, 0.2) is 0 Å². The Morgan fingerprint density at radius 1 is 0.697 bits per heavy atom. The van der Waals surface area contributed by atoms with Crippen molar-refractivity contribution in [1.82, 2.24) is 0 Å². The lowest BCUT2D eigenvalue weighted by atomic mass is 9.86. The van der Waals surface area contributed by atoms with Crippen LogP contribution in [0.2, 0.25) is 0 Å². The molecular weight excluding hydrogens is 415 g/mol. The number of benzene rings is 3. The van der Waals surface area contributed by atoms with Gasteiger partial charge in [-0.25, -0.2) is 0 Å². The second kappa shape index (κ2) is 12.0. The fraction of sp³-hybridized carbons (Fsp3) is 0.250. The second-order valence-electron chi connectivity index (χ2n) is 9.04. The molecule has 0 unspecified atom stereocenters. The van der Waals surface area contributed by atoms with Crippen LogP contribution >= 0.6 is 7.26 Å². The molecule has 0 aliphatic heterocycles. The predicted molar refractivity (Wildman–Crippen MR) is 148 cm³/mol. The zero-order valence-corrected chi connectivity index (χ0v) is 20.5. The molecule has 1 aliphatic carbocycles. The Labute approximate surface area is 201 Å². The van der Waals surface area contributed by atoms with Gasteiger partial charge in [-0.2, -0.15) is 0 Å². The molecule has 1 heteroatoms. The van der Waals surface area contributed by atoms with E-state index in [-0.39, 0.29) is 0 Å². The Hall–Kier alpha value is -2.69. The van der Waals surface area contributed by atoms with Crippen molar-refractivity contribution in [3.63, 3.8) is 0 Å². The number of hydrogen-bond acceptors (Lipinski definition) is 0. The van der Waals surface area contributed by atoms with Crippen molar-refractivity contribution < 1.29 is 0 Å². The van der Waals surface area contributed by atoms with Crippen molar-refractivity contribution in [3.8, 4) is 0 Å². The van der Waals surface area contributed by atoms with Crippen LogP contribution in [0.3, 0.4) is 0 Å². The van der Waals surface area contributed by atoms with Gasteiger partial charge in [0.25, 0.3) is 0 Å². The van der Waals surface area contributed by atoms with E-state index in [1.54, 1.807) is 0 Å². The summed E-state index contributed by atoms with van der Waals surface area (Å²) in [6.07, 6.45) is 18.7. The third-order valence-corrected chi connectivity index (χ3v) is 11.1. The molecule has 4 rings (SSSR count). The van der Waals surface area contributed by atoms with E-state index in [9.17, 15) is 0 Å². The second-order valence-corrected chi connectivity index (χ2v) is 12.5. The molecule has 0 radical (unpaired) electrons. The molecule has 1 fully saturated rings. The van der Waals surface area contributed by atoms with Crippen LogP contribution < -0.4 is 15.9 Å². The number of rotatable bonds is 9. The van der Waals surface area contributed by atoms with Crippen molar-refractivity contribution in [1.29, 1.82) is 0 Å². The largest absolute Gasteiger partial charge is 0.143 e. The van der Waals surface area contributed by atoms with Crippen molar-refractivity contribution in [2.75, 3.05) is 0 Å². The lowest BCUT2D eigenvalue weighted by Gasteiger charge is -2.27. The van der Waals surface area contributed by atoms with E-state index < -0.39 is 7.26 Å². The summed E-state index contributed by atoms with van der Waals surface area (Å²) >= 11 is 0. The fourth-order valence-electron chi connectivity index (χ4n) is 5.16. The van der Waals surface area contributed by atoms with Crippen LogP contribution in [-0.2, 0) is 0 Å². The Balaban J connectivity index is 1.62. The molecule has 0 nitrogen and oxygen atoms in total. The highest BCUT2D eigenvalue weighted by Gasteiger charge is 2.47. The van der Waals surface area contributed by atoms with Crippen molar-refractivity contribution in [2.24, 2.45) is 5.92 Å². The molecule has 3 aromatic rings. The van der Waals surface area contributed by atoms with E-state index in [0.29, 0.717) is 0 Å². The first-order valence-corrected chi connectivity index (χ1v) is 14.2. The van der Waals surface area contributed by atoms with Crippen molar-refractivity contribution in [2.45, 2.75) is 44.9 Å². The van der Waals surface area contributed by atoms with Crippen LogP contribution in [0.25, 0.3) is 0 Å². The molecule has 1 aliphatic rings. The lowest BCUT2D eigenvalue weighted by molar-refractivity contribution is 0.341. The molecule has 3 aromatic carbocycles. The predicted octanol–water partition coefficient (Wildman–Crippen LogP) is 7.97. The first kappa shape index (κ1) is 23.5. The first-order chi connectivity index (χ1) is 16.3. The topological polar surface area (TPSA) is 0 Å². The standard InChI is InChI=1S/C32H36P/c1-28(18-8-2-3-9-19-29-20-10-4-11-21-29)33(30-22-12-5-13-23-30,31-24-14-6-15-25-31)32-26-16-7-17-27-32/h2-3,5-8,12-18,22-27,29H,1,4,9-11,19-21H2/q+1/b3-2-,18-8+. The van der Waals surface area contributed by atoms with E-state index in [0.717, 1.165) is 5.92 Å². The third kappa shape index (κ3) is 5.63.